The zero-order valence-electron chi connectivity index (χ0n) is 23.4. The summed E-state index contributed by atoms with van der Waals surface area (Å²) in [7, 11) is 0. The Morgan fingerprint density at radius 1 is 0.829 bits per heavy atom. The first-order chi connectivity index (χ1) is 20.0. The fraction of sp³-hybridized carbons (Fsp3) is 0.375. The highest BCUT2D eigenvalue weighted by molar-refractivity contribution is 6.23. The zero-order chi connectivity index (χ0) is 28.3. The average molecular weight is 554 g/mol. The number of ether oxygens (including phenoxy) is 1. The Morgan fingerprint density at radius 2 is 1.54 bits per heavy atom. The van der Waals surface area contributed by atoms with E-state index in [-0.39, 0.29) is 30.2 Å². The van der Waals surface area contributed by atoms with Gasteiger partial charge < -0.3 is 19.4 Å². The topological polar surface area (TPSA) is 86.3 Å². The number of carbonyl (C=O) groups is 3. The van der Waals surface area contributed by atoms with Crippen LogP contribution in [0, 0.1) is 5.92 Å². The van der Waals surface area contributed by atoms with Crippen molar-refractivity contribution in [1.82, 2.24) is 14.8 Å². The van der Waals surface area contributed by atoms with Crippen LogP contribution >= 0.6 is 0 Å². The highest BCUT2D eigenvalue weighted by atomic mass is 16.5. The van der Waals surface area contributed by atoms with E-state index in [4.69, 9.17) is 4.74 Å². The Hall–Kier alpha value is -4.40. The number of pyridine rings is 1. The van der Waals surface area contributed by atoms with Crippen LogP contribution in [0.25, 0.3) is 0 Å². The maximum atomic E-state index is 13.5. The van der Waals surface area contributed by atoms with Crippen LogP contribution in [0.4, 0.5) is 11.4 Å². The first-order valence-corrected chi connectivity index (χ1v) is 14.4. The summed E-state index contributed by atoms with van der Waals surface area (Å²) in [6, 6.07) is 19.0. The highest BCUT2D eigenvalue weighted by Gasteiger charge is 2.39. The molecule has 9 nitrogen and oxygen atoms in total. The molecule has 0 spiro atoms. The Balaban J connectivity index is 1.07. The van der Waals surface area contributed by atoms with Crippen LogP contribution in [0.15, 0.2) is 66.9 Å². The van der Waals surface area contributed by atoms with Gasteiger partial charge >= 0.3 is 0 Å². The number of carbonyl (C=O) groups excluding carboxylic acids is 3. The third-order valence-electron chi connectivity index (χ3n) is 8.31. The Kier molecular flexibility index (Phi) is 7.59. The number of aromatic nitrogens is 1. The molecule has 212 valence electrons. The smallest absolute Gasteiger partial charge is 0.264 e. The van der Waals surface area contributed by atoms with Crippen LogP contribution < -0.4 is 14.5 Å². The van der Waals surface area contributed by atoms with Crippen molar-refractivity contribution in [3.63, 3.8) is 0 Å². The normalized spacial score (nSPS) is 17.7. The molecule has 0 unspecified atom stereocenters. The van der Waals surface area contributed by atoms with Crippen molar-refractivity contribution in [2.75, 3.05) is 55.7 Å². The number of hydrogen-bond donors (Lipinski definition) is 0. The number of anilines is 2. The van der Waals surface area contributed by atoms with Gasteiger partial charge in [0.05, 0.1) is 41.3 Å². The van der Waals surface area contributed by atoms with Gasteiger partial charge in [0.2, 0.25) is 5.91 Å². The largest absolute Gasteiger partial charge is 0.492 e. The van der Waals surface area contributed by atoms with E-state index >= 15 is 0 Å². The minimum Gasteiger partial charge on any atom is -0.492 e. The predicted molar refractivity (Wildman–Crippen MR) is 156 cm³/mol. The minimum atomic E-state index is -0.286. The molecule has 0 N–H and O–H groups in total. The molecule has 2 saturated heterocycles. The Morgan fingerprint density at radius 3 is 2.27 bits per heavy atom. The summed E-state index contributed by atoms with van der Waals surface area (Å²) in [6.07, 6.45) is 3.09. The van der Waals surface area contributed by atoms with E-state index in [0.717, 1.165) is 43.1 Å². The summed E-state index contributed by atoms with van der Waals surface area (Å²) in [5, 5.41) is 0. The van der Waals surface area contributed by atoms with Gasteiger partial charge in [0.1, 0.15) is 5.75 Å². The van der Waals surface area contributed by atoms with Crippen LogP contribution in [-0.2, 0) is 11.3 Å². The second-order valence-corrected chi connectivity index (χ2v) is 10.7. The summed E-state index contributed by atoms with van der Waals surface area (Å²) in [6.45, 7) is 7.00. The second-order valence-electron chi connectivity index (χ2n) is 10.7. The quantitative estimate of drug-likeness (QED) is 0.411. The van der Waals surface area contributed by atoms with E-state index in [2.05, 4.69) is 20.9 Å². The van der Waals surface area contributed by atoms with Crippen LogP contribution in [0.5, 0.6) is 5.75 Å². The number of piperidine rings is 1. The number of imide groups is 1. The summed E-state index contributed by atoms with van der Waals surface area (Å²) in [4.78, 5) is 52.0. The molecule has 9 heteroatoms. The van der Waals surface area contributed by atoms with Gasteiger partial charge in [-0.2, -0.15) is 0 Å². The lowest BCUT2D eigenvalue weighted by Gasteiger charge is -2.40. The van der Waals surface area contributed by atoms with Crippen LogP contribution in [0.1, 0.15) is 46.2 Å². The van der Waals surface area contributed by atoms with Crippen molar-refractivity contribution in [1.29, 1.82) is 0 Å². The molecule has 3 aromatic rings. The molecule has 0 aliphatic carbocycles. The summed E-state index contributed by atoms with van der Waals surface area (Å²) >= 11 is 0. The van der Waals surface area contributed by atoms with Crippen molar-refractivity contribution in [2.45, 2.75) is 26.3 Å². The van der Waals surface area contributed by atoms with Gasteiger partial charge in [0.25, 0.3) is 11.8 Å². The standard InChI is InChI=1S/C32H35N5O4/c1-2-41-28-12-4-3-10-26(28)35-18-20-36(21-19-35)30(38)23-13-16-34(17-14-23)27-11-7-9-25-29(27)32(40)37(31(25)39)22-24-8-5-6-15-33-24/h3-12,15,23H,2,13-14,16-22H2,1H3. The molecule has 2 aromatic carbocycles. The molecule has 4 heterocycles. The van der Waals surface area contributed by atoms with E-state index in [9.17, 15) is 14.4 Å². The minimum absolute atomic E-state index is 0.0386. The first kappa shape index (κ1) is 26.8. The number of amides is 3. The van der Waals surface area contributed by atoms with E-state index < -0.39 is 0 Å². The van der Waals surface area contributed by atoms with Gasteiger partial charge in [-0.25, -0.2) is 0 Å². The molecule has 0 atom stereocenters. The van der Waals surface area contributed by atoms with Crippen molar-refractivity contribution < 1.29 is 19.1 Å². The number of rotatable bonds is 7. The van der Waals surface area contributed by atoms with Crippen LogP contribution in [0.3, 0.4) is 0 Å². The summed E-state index contributed by atoms with van der Waals surface area (Å²) < 4.78 is 5.81. The molecule has 0 saturated carbocycles. The maximum absolute atomic E-state index is 13.5. The molecule has 3 aliphatic heterocycles. The lowest BCUT2D eigenvalue weighted by molar-refractivity contribution is -0.136. The molecular formula is C32H35N5O4. The molecule has 3 aliphatic rings. The second kappa shape index (κ2) is 11.6. The van der Waals surface area contributed by atoms with Crippen LogP contribution in [-0.4, -0.2) is 78.4 Å². The Bertz CT molecular complexity index is 1430. The zero-order valence-corrected chi connectivity index (χ0v) is 23.4. The predicted octanol–water partition coefficient (Wildman–Crippen LogP) is 3.84. The van der Waals surface area contributed by atoms with Gasteiger partial charge in [0.15, 0.2) is 0 Å². The third-order valence-corrected chi connectivity index (χ3v) is 8.31. The monoisotopic (exact) mass is 553 g/mol. The fourth-order valence-corrected chi connectivity index (χ4v) is 6.17. The van der Waals surface area contributed by atoms with E-state index in [0.29, 0.717) is 49.6 Å². The van der Waals surface area contributed by atoms with Crippen molar-refractivity contribution >= 4 is 29.1 Å². The van der Waals surface area contributed by atoms with Crippen molar-refractivity contribution in [2.24, 2.45) is 5.92 Å². The SMILES string of the molecule is CCOc1ccccc1N1CCN(C(=O)C2CCN(c3cccc4c3C(=O)N(Cc3ccccn3)C4=O)CC2)CC1. The lowest BCUT2D eigenvalue weighted by Crippen LogP contribution is -2.51. The highest BCUT2D eigenvalue weighted by Crippen LogP contribution is 2.35. The van der Waals surface area contributed by atoms with Gasteiger partial charge in [-0.05, 0) is 56.2 Å². The number of fused-ring (bicyclic) bond motifs is 1. The third kappa shape index (κ3) is 5.24. The van der Waals surface area contributed by atoms with Gasteiger partial charge in [0, 0.05) is 51.4 Å². The molecular weight excluding hydrogens is 518 g/mol. The van der Waals surface area contributed by atoms with E-state index in [1.165, 1.54) is 4.90 Å². The van der Waals surface area contributed by atoms with E-state index in [1.54, 1.807) is 18.3 Å². The molecule has 1 aromatic heterocycles. The molecule has 41 heavy (non-hydrogen) atoms. The van der Waals surface area contributed by atoms with Gasteiger partial charge in [-0.3, -0.25) is 24.3 Å². The lowest BCUT2D eigenvalue weighted by atomic mass is 9.93. The molecule has 0 bridgehead atoms. The number of benzene rings is 2. The number of piperazine rings is 1. The van der Waals surface area contributed by atoms with E-state index in [1.807, 2.05) is 54.3 Å². The number of nitrogens with zero attached hydrogens (tertiary/aromatic N) is 5. The number of para-hydroxylation sites is 2. The molecule has 2 fully saturated rings. The van der Waals surface area contributed by atoms with Gasteiger partial charge in [-0.1, -0.05) is 24.3 Å². The number of hydrogen-bond acceptors (Lipinski definition) is 7. The van der Waals surface area contributed by atoms with Crippen molar-refractivity contribution in [3.8, 4) is 5.75 Å². The Labute approximate surface area is 240 Å². The molecule has 0 radical (unpaired) electrons. The summed E-state index contributed by atoms with van der Waals surface area (Å²) in [5.41, 5.74) is 3.42. The fourth-order valence-electron chi connectivity index (χ4n) is 6.17. The first-order valence-electron chi connectivity index (χ1n) is 14.4. The average Bonchev–Trinajstić information content (AvgIpc) is 3.27. The molecule has 6 rings (SSSR count). The summed E-state index contributed by atoms with van der Waals surface area (Å²) in [5.74, 6) is 0.491. The van der Waals surface area contributed by atoms with Crippen LogP contribution in [0.2, 0.25) is 0 Å². The molecule has 3 amide bonds. The maximum Gasteiger partial charge on any atom is 0.264 e. The van der Waals surface area contributed by atoms with Gasteiger partial charge in [-0.15, -0.1) is 0 Å². The van der Waals surface area contributed by atoms with Crippen molar-refractivity contribution in [3.05, 3.63) is 83.7 Å².